The quantitative estimate of drug-likeness (QED) is 0.810. The van der Waals surface area contributed by atoms with Crippen LogP contribution in [0.2, 0.25) is 0 Å². The highest BCUT2D eigenvalue weighted by Gasteiger charge is 2.24. The van der Waals surface area contributed by atoms with Gasteiger partial charge in [-0.2, -0.15) is 0 Å². The predicted octanol–water partition coefficient (Wildman–Crippen LogP) is 2.55. The number of pyridine rings is 1. The van der Waals surface area contributed by atoms with Crippen LogP contribution in [0.25, 0.3) is 0 Å². The largest absolute Gasteiger partial charge is 0.316 e. The first-order valence-electron chi connectivity index (χ1n) is 6.61. The Kier molecular flexibility index (Phi) is 3.37. The Morgan fingerprint density at radius 3 is 2.78 bits per heavy atom. The number of nitrogens with one attached hydrogen (secondary N) is 1. The van der Waals surface area contributed by atoms with Crippen molar-refractivity contribution in [2.45, 2.75) is 18.8 Å². The minimum Gasteiger partial charge on any atom is -0.316 e. The van der Waals surface area contributed by atoms with Gasteiger partial charge in [0, 0.05) is 24.9 Å². The second kappa shape index (κ2) is 5.32. The van der Waals surface area contributed by atoms with E-state index in [4.69, 9.17) is 0 Å². The van der Waals surface area contributed by atoms with Gasteiger partial charge in [0.2, 0.25) is 0 Å². The molecule has 2 heteroatoms. The lowest BCUT2D eigenvalue weighted by molar-refractivity contribution is 0.537. The first-order chi connectivity index (χ1) is 8.93. The average molecular weight is 238 g/mol. The molecule has 0 saturated heterocycles. The van der Waals surface area contributed by atoms with E-state index in [-0.39, 0.29) is 0 Å². The summed E-state index contributed by atoms with van der Waals surface area (Å²) in [7, 11) is 0. The van der Waals surface area contributed by atoms with Gasteiger partial charge in [0.15, 0.2) is 0 Å². The molecule has 1 aromatic heterocycles. The van der Waals surface area contributed by atoms with Gasteiger partial charge in [0.1, 0.15) is 0 Å². The number of hydrogen-bond donors (Lipinski definition) is 1. The molecule has 1 atom stereocenters. The molecule has 0 saturated carbocycles. The number of nitrogens with zero attached hydrogens (tertiary/aromatic N) is 1. The fourth-order valence-electron chi connectivity index (χ4n) is 2.60. The van der Waals surface area contributed by atoms with Crippen LogP contribution in [0.3, 0.4) is 0 Å². The van der Waals surface area contributed by atoms with Gasteiger partial charge < -0.3 is 5.32 Å². The van der Waals surface area contributed by atoms with E-state index in [2.05, 4.69) is 46.7 Å². The molecule has 2 nitrogen and oxygen atoms in total. The van der Waals surface area contributed by atoms with E-state index in [0.29, 0.717) is 0 Å². The van der Waals surface area contributed by atoms with Gasteiger partial charge >= 0.3 is 0 Å². The highest BCUT2D eigenvalue weighted by Crippen LogP contribution is 2.33. The minimum absolute atomic E-state index is 0.721. The smallest absolute Gasteiger partial charge is 0.0270 e. The zero-order valence-corrected chi connectivity index (χ0v) is 10.5. The molecule has 0 radical (unpaired) electrons. The minimum atomic E-state index is 0.721. The van der Waals surface area contributed by atoms with Crippen molar-refractivity contribution in [1.29, 1.82) is 0 Å². The molecule has 1 N–H and O–H groups in total. The third-order valence-electron chi connectivity index (χ3n) is 3.69. The molecule has 1 unspecified atom stereocenters. The number of benzene rings is 1. The van der Waals surface area contributed by atoms with Crippen molar-refractivity contribution >= 4 is 0 Å². The standard InChI is InChI=1S/C16H18N2/c1-2-4-16-14(3-1)11-15(16)12-18-10-7-13-5-8-17-9-6-13/h1-6,8-9,15,18H,7,10-12H2. The van der Waals surface area contributed by atoms with Crippen LogP contribution in [-0.4, -0.2) is 18.1 Å². The third kappa shape index (κ3) is 2.44. The molecule has 0 amide bonds. The molecule has 0 aliphatic heterocycles. The first kappa shape index (κ1) is 11.4. The predicted molar refractivity (Wildman–Crippen MR) is 73.7 cm³/mol. The van der Waals surface area contributed by atoms with Crippen LogP contribution in [0.4, 0.5) is 0 Å². The van der Waals surface area contributed by atoms with Crippen LogP contribution in [0.15, 0.2) is 48.8 Å². The average Bonchev–Trinajstić information content (AvgIpc) is 2.40. The summed E-state index contributed by atoms with van der Waals surface area (Å²) >= 11 is 0. The maximum absolute atomic E-state index is 4.03. The Labute approximate surface area is 108 Å². The molecule has 0 bridgehead atoms. The topological polar surface area (TPSA) is 24.9 Å². The lowest BCUT2D eigenvalue weighted by Crippen LogP contribution is -2.30. The Bertz CT molecular complexity index is 508. The van der Waals surface area contributed by atoms with Crippen molar-refractivity contribution in [2.75, 3.05) is 13.1 Å². The van der Waals surface area contributed by atoms with Gasteiger partial charge in [0.25, 0.3) is 0 Å². The zero-order chi connectivity index (χ0) is 12.2. The Hall–Kier alpha value is -1.67. The molecule has 0 spiro atoms. The van der Waals surface area contributed by atoms with E-state index >= 15 is 0 Å². The van der Waals surface area contributed by atoms with E-state index in [0.717, 1.165) is 25.4 Å². The number of hydrogen-bond acceptors (Lipinski definition) is 2. The van der Waals surface area contributed by atoms with Crippen LogP contribution in [0, 0.1) is 0 Å². The highest BCUT2D eigenvalue weighted by atomic mass is 14.9. The number of rotatable bonds is 5. The molecule has 3 rings (SSSR count). The Morgan fingerprint density at radius 1 is 1.11 bits per heavy atom. The molecule has 1 aliphatic rings. The number of fused-ring (bicyclic) bond motifs is 1. The summed E-state index contributed by atoms with van der Waals surface area (Å²) in [5, 5.41) is 3.56. The summed E-state index contributed by atoms with van der Waals surface area (Å²) in [5.41, 5.74) is 4.42. The van der Waals surface area contributed by atoms with Gasteiger partial charge in [-0.15, -0.1) is 0 Å². The molecule has 0 fully saturated rings. The maximum atomic E-state index is 4.03. The van der Waals surface area contributed by atoms with E-state index in [1.807, 2.05) is 12.4 Å². The molecule has 92 valence electrons. The second-order valence-corrected chi connectivity index (χ2v) is 4.91. The van der Waals surface area contributed by atoms with Crippen LogP contribution in [0.1, 0.15) is 22.6 Å². The van der Waals surface area contributed by atoms with Crippen LogP contribution >= 0.6 is 0 Å². The summed E-state index contributed by atoms with van der Waals surface area (Å²) < 4.78 is 0. The van der Waals surface area contributed by atoms with Crippen LogP contribution in [-0.2, 0) is 12.8 Å². The molecular formula is C16H18N2. The van der Waals surface area contributed by atoms with E-state index < -0.39 is 0 Å². The summed E-state index contributed by atoms with van der Waals surface area (Å²) in [4.78, 5) is 4.03. The Balaban J connectivity index is 1.42. The van der Waals surface area contributed by atoms with Gasteiger partial charge in [-0.25, -0.2) is 0 Å². The van der Waals surface area contributed by atoms with E-state index in [1.54, 1.807) is 0 Å². The van der Waals surface area contributed by atoms with Crippen molar-refractivity contribution in [2.24, 2.45) is 0 Å². The molecule has 1 aromatic carbocycles. The molecule has 18 heavy (non-hydrogen) atoms. The summed E-state index contributed by atoms with van der Waals surface area (Å²) in [6, 6.07) is 12.9. The lowest BCUT2D eigenvalue weighted by Gasteiger charge is -2.30. The van der Waals surface area contributed by atoms with Crippen molar-refractivity contribution in [3.8, 4) is 0 Å². The normalized spacial score (nSPS) is 17.0. The van der Waals surface area contributed by atoms with Crippen LogP contribution < -0.4 is 5.32 Å². The van der Waals surface area contributed by atoms with Crippen molar-refractivity contribution in [3.05, 3.63) is 65.5 Å². The van der Waals surface area contributed by atoms with E-state index in [9.17, 15) is 0 Å². The summed E-state index contributed by atoms with van der Waals surface area (Å²) in [6.45, 7) is 2.14. The molecule has 2 aromatic rings. The Morgan fingerprint density at radius 2 is 1.94 bits per heavy atom. The zero-order valence-electron chi connectivity index (χ0n) is 10.5. The lowest BCUT2D eigenvalue weighted by atomic mass is 9.77. The summed E-state index contributed by atoms with van der Waals surface area (Å²) in [5.74, 6) is 0.721. The fourth-order valence-corrected chi connectivity index (χ4v) is 2.60. The van der Waals surface area contributed by atoms with Gasteiger partial charge in [-0.1, -0.05) is 24.3 Å². The van der Waals surface area contributed by atoms with E-state index in [1.165, 1.54) is 23.1 Å². The number of aromatic nitrogens is 1. The van der Waals surface area contributed by atoms with Crippen molar-refractivity contribution in [1.82, 2.24) is 10.3 Å². The van der Waals surface area contributed by atoms with Crippen molar-refractivity contribution in [3.63, 3.8) is 0 Å². The van der Waals surface area contributed by atoms with Crippen molar-refractivity contribution < 1.29 is 0 Å². The maximum Gasteiger partial charge on any atom is 0.0270 e. The monoisotopic (exact) mass is 238 g/mol. The SMILES string of the molecule is c1ccc2c(c1)CC2CNCCc1ccncc1. The highest BCUT2D eigenvalue weighted by molar-refractivity contribution is 5.40. The summed E-state index contributed by atoms with van der Waals surface area (Å²) in [6.07, 6.45) is 6.03. The molecule has 1 heterocycles. The molecule has 1 aliphatic carbocycles. The van der Waals surface area contributed by atoms with Crippen LogP contribution in [0.5, 0.6) is 0 Å². The van der Waals surface area contributed by atoms with Gasteiger partial charge in [-0.3, -0.25) is 4.98 Å². The third-order valence-corrected chi connectivity index (χ3v) is 3.69. The second-order valence-electron chi connectivity index (χ2n) is 4.91. The molecular weight excluding hydrogens is 220 g/mol. The fraction of sp³-hybridized carbons (Fsp3) is 0.312. The van der Waals surface area contributed by atoms with Gasteiger partial charge in [0.05, 0.1) is 0 Å². The van der Waals surface area contributed by atoms with Gasteiger partial charge in [-0.05, 0) is 48.2 Å². The first-order valence-corrected chi connectivity index (χ1v) is 6.61.